The highest BCUT2D eigenvalue weighted by Crippen LogP contribution is 2.35. The second-order valence-corrected chi connectivity index (χ2v) is 6.38. The van der Waals surface area contributed by atoms with Crippen LogP contribution < -0.4 is 19.7 Å². The first-order chi connectivity index (χ1) is 13.2. The number of fused-ring (bicyclic) bond motifs is 1. The Balaban J connectivity index is 1.44. The molecule has 0 aliphatic carbocycles. The molecule has 5 nitrogen and oxygen atoms in total. The monoisotopic (exact) mass is 360 g/mol. The molecule has 0 unspecified atom stereocenters. The number of anilines is 2. The van der Waals surface area contributed by atoms with Crippen molar-refractivity contribution in [1.82, 2.24) is 0 Å². The van der Waals surface area contributed by atoms with Crippen LogP contribution in [0.5, 0.6) is 11.5 Å². The van der Waals surface area contributed by atoms with Gasteiger partial charge in [-0.15, -0.1) is 0 Å². The molecule has 1 aliphatic rings. The van der Waals surface area contributed by atoms with Gasteiger partial charge in [-0.3, -0.25) is 4.79 Å². The van der Waals surface area contributed by atoms with Crippen LogP contribution in [-0.2, 0) is 6.54 Å². The van der Waals surface area contributed by atoms with Gasteiger partial charge in [0.05, 0.1) is 5.56 Å². The van der Waals surface area contributed by atoms with Crippen LogP contribution in [0.2, 0.25) is 0 Å². The molecule has 136 valence electrons. The molecule has 1 amide bonds. The highest BCUT2D eigenvalue weighted by atomic mass is 16.7. The van der Waals surface area contributed by atoms with E-state index >= 15 is 0 Å². The summed E-state index contributed by atoms with van der Waals surface area (Å²) in [5.74, 6) is 0.873. The molecule has 3 aromatic rings. The van der Waals surface area contributed by atoms with Crippen LogP contribution in [0.25, 0.3) is 0 Å². The Bertz CT molecular complexity index is 940. The van der Waals surface area contributed by atoms with E-state index in [4.69, 9.17) is 9.47 Å². The Kier molecular flexibility index (Phi) is 4.66. The fourth-order valence-electron chi connectivity index (χ4n) is 3.06. The number of carbonyl (C=O) groups excluding carboxylic acids is 1. The average molecular weight is 360 g/mol. The van der Waals surface area contributed by atoms with Crippen LogP contribution >= 0.6 is 0 Å². The maximum Gasteiger partial charge on any atom is 0.259 e. The predicted octanol–water partition coefficient (Wildman–Crippen LogP) is 4.30. The minimum absolute atomic E-state index is 0.141. The zero-order chi connectivity index (χ0) is 18.6. The van der Waals surface area contributed by atoms with Crippen molar-refractivity contribution in [3.8, 4) is 11.5 Å². The Labute approximate surface area is 158 Å². The van der Waals surface area contributed by atoms with E-state index in [0.29, 0.717) is 17.1 Å². The van der Waals surface area contributed by atoms with Crippen LogP contribution in [-0.4, -0.2) is 19.7 Å². The van der Waals surface area contributed by atoms with Crippen LogP contribution in [0.1, 0.15) is 15.9 Å². The van der Waals surface area contributed by atoms with Gasteiger partial charge in [-0.25, -0.2) is 0 Å². The SMILES string of the molecule is CN(Cc1ccccc1)c1ccc(NC(=O)c2cccc3c2OCO3)cc1. The van der Waals surface area contributed by atoms with Crippen molar-refractivity contribution < 1.29 is 14.3 Å². The first-order valence-corrected chi connectivity index (χ1v) is 8.76. The molecule has 3 aromatic carbocycles. The molecule has 0 spiro atoms. The fourth-order valence-corrected chi connectivity index (χ4v) is 3.06. The Morgan fingerprint density at radius 2 is 1.74 bits per heavy atom. The number of hydrogen-bond acceptors (Lipinski definition) is 4. The van der Waals surface area contributed by atoms with E-state index in [-0.39, 0.29) is 12.7 Å². The number of ether oxygens (including phenoxy) is 2. The van der Waals surface area contributed by atoms with Gasteiger partial charge in [0.2, 0.25) is 6.79 Å². The maximum atomic E-state index is 12.6. The number of para-hydroxylation sites is 1. The first-order valence-electron chi connectivity index (χ1n) is 8.76. The summed E-state index contributed by atoms with van der Waals surface area (Å²) in [5, 5.41) is 2.91. The van der Waals surface area contributed by atoms with Crippen molar-refractivity contribution in [2.75, 3.05) is 24.1 Å². The Morgan fingerprint density at radius 1 is 0.963 bits per heavy atom. The van der Waals surface area contributed by atoms with Gasteiger partial charge >= 0.3 is 0 Å². The van der Waals surface area contributed by atoms with E-state index in [1.807, 2.05) is 49.5 Å². The summed E-state index contributed by atoms with van der Waals surface area (Å²) in [5.41, 5.74) is 3.52. The van der Waals surface area contributed by atoms with Crippen molar-refractivity contribution in [3.63, 3.8) is 0 Å². The smallest absolute Gasteiger partial charge is 0.259 e. The molecular weight excluding hydrogens is 340 g/mol. The zero-order valence-corrected chi connectivity index (χ0v) is 15.0. The van der Waals surface area contributed by atoms with Gasteiger partial charge in [0.25, 0.3) is 5.91 Å². The van der Waals surface area contributed by atoms with E-state index in [2.05, 4.69) is 22.3 Å². The molecule has 0 bridgehead atoms. The highest BCUT2D eigenvalue weighted by Gasteiger charge is 2.21. The summed E-state index contributed by atoms with van der Waals surface area (Å²) in [6.45, 7) is 0.960. The minimum atomic E-state index is -0.220. The molecule has 27 heavy (non-hydrogen) atoms. The number of nitrogens with one attached hydrogen (secondary N) is 1. The van der Waals surface area contributed by atoms with Crippen molar-refractivity contribution in [2.45, 2.75) is 6.54 Å². The summed E-state index contributed by atoms with van der Waals surface area (Å²) in [6.07, 6.45) is 0. The zero-order valence-electron chi connectivity index (χ0n) is 15.0. The van der Waals surface area contributed by atoms with Crippen LogP contribution in [0.15, 0.2) is 72.8 Å². The standard InChI is InChI=1S/C22H20N2O3/c1-24(14-16-6-3-2-4-7-16)18-12-10-17(11-13-18)23-22(25)19-8-5-9-20-21(19)27-15-26-20/h2-13H,14-15H2,1H3,(H,23,25). The molecule has 0 fully saturated rings. The third-order valence-corrected chi connectivity index (χ3v) is 4.47. The van der Waals surface area contributed by atoms with Crippen LogP contribution in [0, 0.1) is 0 Å². The maximum absolute atomic E-state index is 12.6. The van der Waals surface area contributed by atoms with E-state index in [9.17, 15) is 4.79 Å². The number of nitrogens with zero attached hydrogens (tertiary/aromatic N) is 1. The third-order valence-electron chi connectivity index (χ3n) is 4.47. The summed E-state index contributed by atoms with van der Waals surface area (Å²) in [7, 11) is 2.05. The van der Waals surface area contributed by atoms with Gasteiger partial charge in [0.15, 0.2) is 11.5 Å². The molecule has 5 heteroatoms. The quantitative estimate of drug-likeness (QED) is 0.737. The average Bonchev–Trinajstić information content (AvgIpc) is 3.18. The van der Waals surface area contributed by atoms with E-state index in [0.717, 1.165) is 17.9 Å². The number of hydrogen-bond donors (Lipinski definition) is 1. The van der Waals surface area contributed by atoms with Crippen molar-refractivity contribution in [2.24, 2.45) is 0 Å². The topological polar surface area (TPSA) is 50.8 Å². The summed E-state index contributed by atoms with van der Waals surface area (Å²) < 4.78 is 10.7. The second kappa shape index (κ2) is 7.41. The third kappa shape index (κ3) is 3.72. The molecule has 1 aliphatic heterocycles. The van der Waals surface area contributed by atoms with Crippen molar-refractivity contribution in [3.05, 3.63) is 83.9 Å². The molecule has 0 saturated carbocycles. The normalized spacial score (nSPS) is 11.9. The first kappa shape index (κ1) is 17.0. The lowest BCUT2D eigenvalue weighted by Crippen LogP contribution is -2.16. The van der Waals surface area contributed by atoms with Crippen LogP contribution in [0.3, 0.4) is 0 Å². The van der Waals surface area contributed by atoms with E-state index in [1.54, 1.807) is 18.2 Å². The second-order valence-electron chi connectivity index (χ2n) is 6.38. The van der Waals surface area contributed by atoms with Gasteiger partial charge in [-0.2, -0.15) is 0 Å². The van der Waals surface area contributed by atoms with Crippen molar-refractivity contribution >= 4 is 17.3 Å². The molecule has 0 atom stereocenters. The summed E-state index contributed by atoms with van der Waals surface area (Å²) >= 11 is 0. The van der Waals surface area contributed by atoms with Gasteiger partial charge in [-0.05, 0) is 42.0 Å². The number of amides is 1. The molecule has 1 heterocycles. The Morgan fingerprint density at radius 3 is 2.52 bits per heavy atom. The largest absolute Gasteiger partial charge is 0.454 e. The lowest BCUT2D eigenvalue weighted by atomic mass is 10.1. The Hall–Kier alpha value is -3.47. The number of rotatable bonds is 5. The van der Waals surface area contributed by atoms with Crippen LogP contribution in [0.4, 0.5) is 11.4 Å². The highest BCUT2D eigenvalue weighted by molar-refractivity contribution is 6.06. The molecule has 0 radical (unpaired) electrons. The number of carbonyl (C=O) groups is 1. The fraction of sp³-hybridized carbons (Fsp3) is 0.136. The van der Waals surface area contributed by atoms with Gasteiger partial charge < -0.3 is 19.7 Å². The van der Waals surface area contributed by atoms with Crippen molar-refractivity contribution in [1.29, 1.82) is 0 Å². The predicted molar refractivity (Wildman–Crippen MR) is 106 cm³/mol. The summed E-state index contributed by atoms with van der Waals surface area (Å²) in [4.78, 5) is 14.7. The lowest BCUT2D eigenvalue weighted by Gasteiger charge is -2.20. The van der Waals surface area contributed by atoms with Gasteiger partial charge in [-0.1, -0.05) is 36.4 Å². The lowest BCUT2D eigenvalue weighted by molar-refractivity contribution is 0.102. The summed E-state index contributed by atoms with van der Waals surface area (Å²) in [6, 6.07) is 23.4. The molecule has 0 aromatic heterocycles. The minimum Gasteiger partial charge on any atom is -0.454 e. The van der Waals surface area contributed by atoms with Gasteiger partial charge in [0, 0.05) is 25.0 Å². The molecule has 0 saturated heterocycles. The van der Waals surface area contributed by atoms with Gasteiger partial charge in [0.1, 0.15) is 0 Å². The molecule has 1 N–H and O–H groups in total. The van der Waals surface area contributed by atoms with E-state index in [1.165, 1.54) is 5.56 Å². The molecule has 4 rings (SSSR count). The van der Waals surface area contributed by atoms with E-state index < -0.39 is 0 Å². The molecular formula is C22H20N2O3. The number of benzene rings is 3.